The Balaban J connectivity index is 2.30. The zero-order valence-electron chi connectivity index (χ0n) is 8.22. The molecule has 15 heavy (non-hydrogen) atoms. The molecule has 0 amide bonds. The van der Waals surface area contributed by atoms with Crippen LogP contribution in [-0.2, 0) is 19.1 Å². The number of aliphatic carboxylic acids is 2. The predicted molar refractivity (Wildman–Crippen MR) is 48.6 cm³/mol. The van der Waals surface area contributed by atoms with Crippen LogP contribution in [0.4, 0.5) is 0 Å². The molecule has 1 heterocycles. The summed E-state index contributed by atoms with van der Waals surface area (Å²) in [6, 6.07) is 0. The van der Waals surface area contributed by atoms with Gasteiger partial charge < -0.3 is 19.7 Å². The van der Waals surface area contributed by atoms with E-state index in [0.29, 0.717) is 6.61 Å². The van der Waals surface area contributed by atoms with Crippen LogP contribution in [0, 0.1) is 0 Å². The van der Waals surface area contributed by atoms with Crippen molar-refractivity contribution in [1.29, 1.82) is 0 Å². The van der Waals surface area contributed by atoms with Crippen LogP contribution in [0.2, 0.25) is 0 Å². The lowest BCUT2D eigenvalue weighted by molar-refractivity contribution is -0.158. The van der Waals surface area contributed by atoms with Crippen LogP contribution in [-0.4, -0.2) is 47.6 Å². The zero-order valence-corrected chi connectivity index (χ0v) is 8.22. The molecule has 0 radical (unpaired) electrons. The molecule has 0 aromatic carbocycles. The molecule has 1 rings (SSSR count). The van der Waals surface area contributed by atoms with Crippen LogP contribution >= 0.6 is 0 Å². The summed E-state index contributed by atoms with van der Waals surface area (Å²) >= 11 is 0. The first kappa shape index (κ1) is 11.9. The second-order valence-corrected chi connectivity index (χ2v) is 3.39. The van der Waals surface area contributed by atoms with Gasteiger partial charge in [-0.25, -0.2) is 4.79 Å². The van der Waals surface area contributed by atoms with E-state index in [4.69, 9.17) is 19.7 Å². The molecule has 0 bridgehead atoms. The number of hydrogen-bond donors (Lipinski definition) is 2. The topological polar surface area (TPSA) is 93.1 Å². The highest BCUT2D eigenvalue weighted by Gasteiger charge is 2.24. The summed E-state index contributed by atoms with van der Waals surface area (Å²) in [5.74, 6) is -2.44. The summed E-state index contributed by atoms with van der Waals surface area (Å²) in [5, 5.41) is 17.1. The molecule has 86 valence electrons. The maximum atomic E-state index is 10.6. The van der Waals surface area contributed by atoms with Gasteiger partial charge in [0.25, 0.3) is 0 Å². The highest BCUT2D eigenvalue weighted by Crippen LogP contribution is 2.13. The second-order valence-electron chi connectivity index (χ2n) is 3.39. The van der Waals surface area contributed by atoms with E-state index in [1.54, 1.807) is 0 Å². The quantitative estimate of drug-likeness (QED) is 0.657. The molecule has 1 aliphatic heterocycles. The van der Waals surface area contributed by atoms with Crippen molar-refractivity contribution in [3.63, 3.8) is 0 Å². The van der Waals surface area contributed by atoms with Gasteiger partial charge in [-0.05, 0) is 12.8 Å². The van der Waals surface area contributed by atoms with Gasteiger partial charge in [0.2, 0.25) is 0 Å². The smallest absolute Gasteiger partial charge is 0.333 e. The van der Waals surface area contributed by atoms with Crippen molar-refractivity contribution in [1.82, 2.24) is 0 Å². The van der Waals surface area contributed by atoms with Crippen molar-refractivity contribution < 1.29 is 29.3 Å². The van der Waals surface area contributed by atoms with Gasteiger partial charge in [-0.2, -0.15) is 0 Å². The van der Waals surface area contributed by atoms with Gasteiger partial charge in [-0.15, -0.1) is 0 Å². The number of ether oxygens (including phenoxy) is 2. The summed E-state index contributed by atoms with van der Waals surface area (Å²) in [7, 11) is 0. The van der Waals surface area contributed by atoms with Gasteiger partial charge in [0.05, 0.1) is 19.1 Å². The largest absolute Gasteiger partial charge is 0.481 e. The molecule has 6 nitrogen and oxygen atoms in total. The molecule has 0 aromatic heterocycles. The molecule has 0 aliphatic carbocycles. The number of rotatable bonds is 6. The van der Waals surface area contributed by atoms with Crippen LogP contribution in [0.25, 0.3) is 0 Å². The average Bonchev–Trinajstić information content (AvgIpc) is 2.63. The highest BCUT2D eigenvalue weighted by atomic mass is 16.6. The molecular weight excluding hydrogens is 204 g/mol. The lowest BCUT2D eigenvalue weighted by Gasteiger charge is -2.14. The van der Waals surface area contributed by atoms with Gasteiger partial charge in [0, 0.05) is 6.61 Å². The minimum Gasteiger partial charge on any atom is -0.481 e. The molecule has 1 saturated heterocycles. The lowest BCUT2D eigenvalue weighted by Crippen LogP contribution is -2.30. The third-order valence-electron chi connectivity index (χ3n) is 2.14. The van der Waals surface area contributed by atoms with Crippen LogP contribution in [0.1, 0.15) is 19.3 Å². The predicted octanol–water partition coefficient (Wildman–Crippen LogP) is 0.110. The first-order valence-corrected chi connectivity index (χ1v) is 4.77. The van der Waals surface area contributed by atoms with E-state index in [1.807, 2.05) is 0 Å². The zero-order chi connectivity index (χ0) is 11.3. The molecule has 2 atom stereocenters. The van der Waals surface area contributed by atoms with E-state index in [-0.39, 0.29) is 12.7 Å². The molecule has 1 aliphatic rings. The normalized spacial score (nSPS) is 22.5. The number of hydrogen-bond acceptors (Lipinski definition) is 4. The fourth-order valence-electron chi connectivity index (χ4n) is 1.38. The number of carbonyl (C=O) groups is 2. The van der Waals surface area contributed by atoms with Crippen LogP contribution in [0.5, 0.6) is 0 Å². The third kappa shape index (κ3) is 4.26. The first-order chi connectivity index (χ1) is 7.09. The number of carboxylic acid groups (broad SMARTS) is 2. The van der Waals surface area contributed by atoms with E-state index in [9.17, 15) is 9.59 Å². The van der Waals surface area contributed by atoms with Gasteiger partial charge in [0.15, 0.2) is 6.10 Å². The molecule has 0 spiro atoms. The minimum atomic E-state index is -1.29. The van der Waals surface area contributed by atoms with E-state index >= 15 is 0 Å². The third-order valence-corrected chi connectivity index (χ3v) is 2.14. The Morgan fingerprint density at radius 1 is 1.47 bits per heavy atom. The molecule has 6 heteroatoms. The highest BCUT2D eigenvalue weighted by molar-refractivity contribution is 5.79. The van der Waals surface area contributed by atoms with E-state index in [0.717, 1.165) is 12.8 Å². The van der Waals surface area contributed by atoms with Crippen molar-refractivity contribution in [3.8, 4) is 0 Å². The van der Waals surface area contributed by atoms with Gasteiger partial charge in [-0.1, -0.05) is 0 Å². The lowest BCUT2D eigenvalue weighted by atomic mass is 10.2. The Kier molecular flexibility index (Phi) is 4.51. The van der Waals surface area contributed by atoms with Crippen molar-refractivity contribution in [3.05, 3.63) is 0 Å². The van der Waals surface area contributed by atoms with Gasteiger partial charge in [-0.3, -0.25) is 4.79 Å². The molecular formula is C9H14O6. The SMILES string of the molecule is O=C(O)CC(OCC1CCCO1)C(=O)O. The van der Waals surface area contributed by atoms with Gasteiger partial charge >= 0.3 is 11.9 Å². The van der Waals surface area contributed by atoms with Crippen LogP contribution in [0.15, 0.2) is 0 Å². The Hall–Kier alpha value is -1.14. The summed E-state index contributed by atoms with van der Waals surface area (Å²) in [6.45, 7) is 0.801. The van der Waals surface area contributed by atoms with E-state index in [1.165, 1.54) is 0 Å². The Labute approximate surface area is 86.8 Å². The molecule has 2 N–H and O–H groups in total. The second kappa shape index (κ2) is 5.67. The standard InChI is InChI=1S/C9H14O6/c10-8(11)4-7(9(12)13)15-5-6-2-1-3-14-6/h6-7H,1-5H2,(H,10,11)(H,12,13). The van der Waals surface area contributed by atoms with Crippen molar-refractivity contribution in [2.24, 2.45) is 0 Å². The van der Waals surface area contributed by atoms with Crippen molar-refractivity contribution in [2.75, 3.05) is 13.2 Å². The Morgan fingerprint density at radius 2 is 2.20 bits per heavy atom. The number of carboxylic acids is 2. The van der Waals surface area contributed by atoms with E-state index in [2.05, 4.69) is 0 Å². The maximum absolute atomic E-state index is 10.6. The summed E-state index contributed by atoms with van der Waals surface area (Å²) in [4.78, 5) is 20.9. The Bertz CT molecular complexity index is 233. The fraction of sp³-hybridized carbons (Fsp3) is 0.778. The van der Waals surface area contributed by atoms with Crippen LogP contribution in [0.3, 0.4) is 0 Å². The minimum absolute atomic E-state index is 0.0966. The van der Waals surface area contributed by atoms with Crippen molar-refractivity contribution in [2.45, 2.75) is 31.5 Å². The average molecular weight is 218 g/mol. The van der Waals surface area contributed by atoms with Gasteiger partial charge in [0.1, 0.15) is 0 Å². The maximum Gasteiger partial charge on any atom is 0.333 e. The fourth-order valence-corrected chi connectivity index (χ4v) is 1.38. The van der Waals surface area contributed by atoms with E-state index < -0.39 is 24.5 Å². The monoisotopic (exact) mass is 218 g/mol. The summed E-state index contributed by atoms with van der Waals surface area (Å²) < 4.78 is 10.2. The Morgan fingerprint density at radius 3 is 2.67 bits per heavy atom. The first-order valence-electron chi connectivity index (χ1n) is 4.77. The molecule has 0 saturated carbocycles. The molecule has 0 aromatic rings. The van der Waals surface area contributed by atoms with Crippen molar-refractivity contribution >= 4 is 11.9 Å². The summed E-state index contributed by atoms with van der Waals surface area (Å²) in [5.41, 5.74) is 0. The molecule has 1 fully saturated rings. The van der Waals surface area contributed by atoms with Crippen LogP contribution < -0.4 is 0 Å². The molecule has 2 unspecified atom stereocenters. The summed E-state index contributed by atoms with van der Waals surface area (Å²) in [6.07, 6.45) is -0.140.